The molecular weight excluding hydrogens is 276 g/mol. The molecule has 0 aromatic carbocycles. The van der Waals surface area contributed by atoms with E-state index in [1.54, 1.807) is 11.8 Å². The highest BCUT2D eigenvalue weighted by Crippen LogP contribution is 2.23. The van der Waals surface area contributed by atoms with Crippen LogP contribution in [0, 0.1) is 11.8 Å². The summed E-state index contributed by atoms with van der Waals surface area (Å²) in [5.74, 6) is 0.168. The maximum atomic E-state index is 11.9. The van der Waals surface area contributed by atoms with Crippen LogP contribution >= 0.6 is 11.8 Å². The Morgan fingerprint density at radius 2 is 2.00 bits per heavy atom. The molecule has 0 aromatic heterocycles. The number of carbonyl (C=O) groups is 2. The molecule has 0 spiro atoms. The second-order valence-electron chi connectivity index (χ2n) is 5.60. The second-order valence-corrected chi connectivity index (χ2v) is 6.51. The molecule has 0 bridgehead atoms. The normalized spacial score (nSPS) is 24.5. The Hall–Kier alpha value is -0.910. The van der Waals surface area contributed by atoms with Gasteiger partial charge in [0.15, 0.2) is 0 Å². The molecule has 0 heterocycles. The quantitative estimate of drug-likeness (QED) is 0.658. The molecule has 6 heteroatoms. The van der Waals surface area contributed by atoms with Crippen LogP contribution < -0.4 is 10.6 Å². The molecule has 0 aromatic rings. The van der Waals surface area contributed by atoms with Gasteiger partial charge in [-0.3, -0.25) is 4.79 Å². The Labute approximate surface area is 125 Å². The molecule has 0 aliphatic heterocycles. The third kappa shape index (κ3) is 6.03. The zero-order valence-corrected chi connectivity index (χ0v) is 13.2. The minimum atomic E-state index is -0.798. The summed E-state index contributed by atoms with van der Waals surface area (Å²) < 4.78 is 0. The summed E-state index contributed by atoms with van der Waals surface area (Å²) in [4.78, 5) is 23.2. The molecule has 1 saturated carbocycles. The summed E-state index contributed by atoms with van der Waals surface area (Å²) >= 11 is 1.75. The maximum Gasteiger partial charge on any atom is 0.315 e. The predicted octanol–water partition coefficient (Wildman–Crippen LogP) is 2.32. The smallest absolute Gasteiger partial charge is 0.315 e. The fraction of sp³-hybridized carbons (Fsp3) is 0.857. The van der Waals surface area contributed by atoms with Crippen molar-refractivity contribution in [2.45, 2.75) is 45.1 Å². The molecule has 3 N–H and O–H groups in total. The number of aliphatic carboxylic acids is 1. The van der Waals surface area contributed by atoms with E-state index in [9.17, 15) is 14.7 Å². The van der Waals surface area contributed by atoms with Crippen LogP contribution in [0.15, 0.2) is 0 Å². The van der Waals surface area contributed by atoms with Gasteiger partial charge in [-0.05, 0) is 30.8 Å². The predicted molar refractivity (Wildman–Crippen MR) is 82.1 cm³/mol. The van der Waals surface area contributed by atoms with E-state index in [0.717, 1.165) is 31.4 Å². The number of urea groups is 1. The molecule has 20 heavy (non-hydrogen) atoms. The topological polar surface area (TPSA) is 78.4 Å². The highest BCUT2D eigenvalue weighted by molar-refractivity contribution is 7.98. The highest BCUT2D eigenvalue weighted by atomic mass is 32.2. The van der Waals surface area contributed by atoms with Gasteiger partial charge in [-0.25, -0.2) is 4.79 Å². The summed E-state index contributed by atoms with van der Waals surface area (Å²) in [6, 6.07) is -0.484. The fourth-order valence-electron chi connectivity index (χ4n) is 2.61. The van der Waals surface area contributed by atoms with E-state index >= 15 is 0 Å². The average molecular weight is 302 g/mol. The van der Waals surface area contributed by atoms with Crippen LogP contribution in [0.1, 0.15) is 39.0 Å². The zero-order valence-electron chi connectivity index (χ0n) is 12.4. The third-order valence-corrected chi connectivity index (χ3v) is 4.61. The van der Waals surface area contributed by atoms with Crippen LogP contribution in [0.2, 0.25) is 0 Å². The van der Waals surface area contributed by atoms with Crippen molar-refractivity contribution < 1.29 is 14.7 Å². The average Bonchev–Trinajstić information content (AvgIpc) is 2.62. The van der Waals surface area contributed by atoms with Gasteiger partial charge in [0, 0.05) is 12.6 Å². The Morgan fingerprint density at radius 1 is 1.30 bits per heavy atom. The Bertz CT molecular complexity index is 326. The number of amides is 2. The van der Waals surface area contributed by atoms with Gasteiger partial charge in [-0.1, -0.05) is 26.2 Å². The van der Waals surface area contributed by atoms with Crippen molar-refractivity contribution in [3.63, 3.8) is 0 Å². The maximum absolute atomic E-state index is 11.9. The van der Waals surface area contributed by atoms with E-state index in [1.165, 1.54) is 0 Å². The first-order valence-corrected chi connectivity index (χ1v) is 8.70. The standard InChI is InChI=1S/C14H26N2O3S/c1-10(9-20-2)8-15-14(19)16-12-7-5-3-4-6-11(12)13(17)18/h10-12H,3-9H2,1-2H3,(H,17,18)(H2,15,16,19). The van der Waals surface area contributed by atoms with Crippen molar-refractivity contribution >= 4 is 23.8 Å². The minimum absolute atomic E-state index is 0.240. The molecule has 0 radical (unpaired) electrons. The van der Waals surface area contributed by atoms with Gasteiger partial charge < -0.3 is 15.7 Å². The molecule has 116 valence electrons. The summed E-state index contributed by atoms with van der Waals surface area (Å²) in [7, 11) is 0. The van der Waals surface area contributed by atoms with Gasteiger partial charge in [0.25, 0.3) is 0 Å². The first kappa shape index (κ1) is 17.1. The summed E-state index contributed by atoms with van der Waals surface area (Å²) in [6.45, 7) is 2.71. The Morgan fingerprint density at radius 3 is 2.65 bits per heavy atom. The lowest BCUT2D eigenvalue weighted by molar-refractivity contribution is -0.142. The molecule has 5 nitrogen and oxygen atoms in total. The van der Waals surface area contributed by atoms with Gasteiger partial charge in [0.1, 0.15) is 0 Å². The molecule has 3 atom stereocenters. The SMILES string of the molecule is CSCC(C)CNC(=O)NC1CCCCCC1C(=O)O. The van der Waals surface area contributed by atoms with Crippen molar-refractivity contribution in [1.82, 2.24) is 10.6 Å². The van der Waals surface area contributed by atoms with Crippen molar-refractivity contribution in [1.29, 1.82) is 0 Å². The van der Waals surface area contributed by atoms with E-state index < -0.39 is 11.9 Å². The lowest BCUT2D eigenvalue weighted by Crippen LogP contribution is -2.48. The van der Waals surface area contributed by atoms with Crippen LogP contribution in [0.4, 0.5) is 4.79 Å². The number of thioether (sulfide) groups is 1. The molecular formula is C14H26N2O3S. The van der Waals surface area contributed by atoms with E-state index in [0.29, 0.717) is 18.9 Å². The number of carboxylic acids is 1. The van der Waals surface area contributed by atoms with Crippen LogP contribution in [0.3, 0.4) is 0 Å². The lowest BCUT2D eigenvalue weighted by atomic mass is 9.95. The largest absolute Gasteiger partial charge is 0.481 e. The van der Waals surface area contributed by atoms with Gasteiger partial charge >= 0.3 is 12.0 Å². The van der Waals surface area contributed by atoms with Gasteiger partial charge in [-0.15, -0.1) is 0 Å². The van der Waals surface area contributed by atoms with Crippen LogP contribution in [0.5, 0.6) is 0 Å². The van der Waals surface area contributed by atoms with Crippen molar-refractivity contribution in [2.24, 2.45) is 11.8 Å². The summed E-state index contributed by atoms with van der Waals surface area (Å²) in [5, 5.41) is 14.9. The van der Waals surface area contributed by atoms with Gasteiger partial charge in [-0.2, -0.15) is 11.8 Å². The Balaban J connectivity index is 2.42. The third-order valence-electron chi connectivity index (χ3n) is 3.71. The summed E-state index contributed by atoms with van der Waals surface area (Å²) in [6.07, 6.45) is 6.42. The lowest BCUT2D eigenvalue weighted by Gasteiger charge is -2.23. The fourth-order valence-corrected chi connectivity index (χ4v) is 3.29. The van der Waals surface area contributed by atoms with E-state index in [2.05, 4.69) is 17.6 Å². The van der Waals surface area contributed by atoms with Gasteiger partial charge in [0.05, 0.1) is 5.92 Å². The first-order chi connectivity index (χ1) is 9.54. The van der Waals surface area contributed by atoms with Crippen LogP contribution in [-0.4, -0.2) is 41.7 Å². The molecule has 2 amide bonds. The molecule has 1 aliphatic carbocycles. The molecule has 1 aliphatic rings. The molecule has 1 fully saturated rings. The summed E-state index contributed by atoms with van der Waals surface area (Å²) in [5.41, 5.74) is 0. The van der Waals surface area contributed by atoms with Crippen molar-refractivity contribution in [3.05, 3.63) is 0 Å². The number of nitrogens with one attached hydrogen (secondary N) is 2. The zero-order chi connectivity index (χ0) is 15.0. The van der Waals surface area contributed by atoms with Crippen molar-refractivity contribution in [3.8, 4) is 0 Å². The number of carbonyl (C=O) groups excluding carboxylic acids is 1. The van der Waals surface area contributed by atoms with E-state index in [-0.39, 0.29) is 12.1 Å². The molecule has 3 unspecified atom stereocenters. The number of carboxylic acid groups (broad SMARTS) is 1. The van der Waals surface area contributed by atoms with Crippen LogP contribution in [0.25, 0.3) is 0 Å². The second kappa shape index (κ2) is 9.10. The van der Waals surface area contributed by atoms with Gasteiger partial charge in [0.2, 0.25) is 0 Å². The number of hydrogen-bond donors (Lipinski definition) is 3. The van der Waals surface area contributed by atoms with E-state index in [4.69, 9.17) is 0 Å². The number of hydrogen-bond acceptors (Lipinski definition) is 3. The molecule has 0 saturated heterocycles. The van der Waals surface area contributed by atoms with Crippen LogP contribution in [-0.2, 0) is 4.79 Å². The molecule has 1 rings (SSSR count). The number of rotatable bonds is 6. The Kier molecular flexibility index (Phi) is 7.80. The monoisotopic (exact) mass is 302 g/mol. The minimum Gasteiger partial charge on any atom is -0.481 e. The highest BCUT2D eigenvalue weighted by Gasteiger charge is 2.30. The van der Waals surface area contributed by atoms with E-state index in [1.807, 2.05) is 6.26 Å². The van der Waals surface area contributed by atoms with Crippen molar-refractivity contribution in [2.75, 3.05) is 18.6 Å². The first-order valence-electron chi connectivity index (χ1n) is 7.30.